The van der Waals surface area contributed by atoms with Crippen molar-refractivity contribution < 1.29 is 17.9 Å². The lowest BCUT2D eigenvalue weighted by Gasteiger charge is -2.31. The average molecular weight is 644 g/mol. The highest BCUT2D eigenvalue weighted by atomic mass is 32.2. The molecular weight excluding hydrogens is 603 g/mol. The van der Waals surface area contributed by atoms with Crippen LogP contribution in [0.2, 0.25) is 0 Å². The number of nitrogens with zero attached hydrogens (tertiary/aromatic N) is 3. The molecule has 2 saturated carbocycles. The maximum Gasteiger partial charge on any atom is 0.153 e. The highest BCUT2D eigenvalue weighted by Crippen LogP contribution is 2.52. The minimum atomic E-state index is -2.95. The van der Waals surface area contributed by atoms with Gasteiger partial charge in [-0.1, -0.05) is 49.2 Å². The molecule has 3 heterocycles. The number of thiazole rings is 1. The van der Waals surface area contributed by atoms with Crippen LogP contribution in [0.15, 0.2) is 48.5 Å². The van der Waals surface area contributed by atoms with Crippen molar-refractivity contribution in [3.8, 4) is 27.1 Å². The molecule has 2 saturated heterocycles. The van der Waals surface area contributed by atoms with Crippen molar-refractivity contribution in [3.63, 3.8) is 0 Å². The fraction of sp³-hybridized carbons (Fsp3) is 0.528. The number of rotatable bonds is 8. The summed E-state index contributed by atoms with van der Waals surface area (Å²) in [7, 11) is -2.95. The van der Waals surface area contributed by atoms with Gasteiger partial charge in [-0.2, -0.15) is 5.26 Å². The molecule has 3 aromatic rings. The Hall–Kier alpha value is -3.06. The highest BCUT2D eigenvalue weighted by molar-refractivity contribution is 7.91. The molecule has 0 bridgehead atoms. The van der Waals surface area contributed by atoms with Gasteiger partial charge in [0.15, 0.2) is 9.84 Å². The second-order valence-corrected chi connectivity index (χ2v) is 16.8. The summed E-state index contributed by atoms with van der Waals surface area (Å²) in [4.78, 5) is 22.3. The van der Waals surface area contributed by atoms with Crippen molar-refractivity contribution >= 4 is 32.6 Å². The molecule has 2 aromatic carbocycles. The normalized spacial score (nSPS) is 24.6. The number of Topliss-reactive ketones (excluding diaryl/α,β-unsaturated/α-hetero) is 1. The van der Waals surface area contributed by atoms with Gasteiger partial charge in [0.05, 0.1) is 33.6 Å². The van der Waals surface area contributed by atoms with E-state index in [4.69, 9.17) is 9.72 Å². The maximum atomic E-state index is 13.7. The molecule has 236 valence electrons. The van der Waals surface area contributed by atoms with E-state index in [1.165, 1.54) is 5.56 Å². The van der Waals surface area contributed by atoms with Gasteiger partial charge in [0, 0.05) is 55.8 Å². The van der Waals surface area contributed by atoms with E-state index in [0.29, 0.717) is 25.4 Å². The number of anilines is 1. The van der Waals surface area contributed by atoms with Crippen LogP contribution in [0.25, 0.3) is 21.0 Å². The zero-order valence-electron chi connectivity index (χ0n) is 25.7. The van der Waals surface area contributed by atoms with Gasteiger partial charge < -0.3 is 9.64 Å². The topological polar surface area (TPSA) is 100 Å². The van der Waals surface area contributed by atoms with E-state index in [1.807, 2.05) is 0 Å². The number of nitriles is 1. The van der Waals surface area contributed by atoms with Crippen molar-refractivity contribution in [2.45, 2.75) is 69.6 Å². The van der Waals surface area contributed by atoms with E-state index in [1.54, 1.807) is 11.3 Å². The van der Waals surface area contributed by atoms with Gasteiger partial charge in [0.25, 0.3) is 0 Å². The highest BCUT2D eigenvalue weighted by Gasteiger charge is 2.47. The first-order valence-corrected chi connectivity index (χ1v) is 19.2. The third-order valence-corrected chi connectivity index (χ3v) is 13.3. The Kier molecular flexibility index (Phi) is 8.58. The molecule has 0 spiro atoms. The Balaban J connectivity index is 1.21. The SMILES string of the molecule is N#CC1(CC(=O)[C@@H]2CCCC[C@H]2c2nc(-c3ccc(C4CCOCC4)cc3)sc2-c2ccc(N3CCS(=O)(=O)CC3)cc2)CC1. The third kappa shape index (κ3) is 6.61. The number of ether oxygens (including phenoxy) is 1. The lowest BCUT2D eigenvalue weighted by molar-refractivity contribution is -0.125. The van der Waals surface area contributed by atoms with E-state index in [-0.39, 0.29) is 29.1 Å². The van der Waals surface area contributed by atoms with E-state index < -0.39 is 15.3 Å². The first kappa shape index (κ1) is 30.6. The molecule has 0 N–H and O–H groups in total. The number of sulfone groups is 1. The molecule has 45 heavy (non-hydrogen) atoms. The predicted molar refractivity (Wildman–Crippen MR) is 178 cm³/mol. The van der Waals surface area contributed by atoms with E-state index in [0.717, 1.165) is 97.0 Å². The van der Waals surface area contributed by atoms with Gasteiger partial charge in [-0.25, -0.2) is 13.4 Å². The van der Waals surface area contributed by atoms with Crippen LogP contribution in [0.1, 0.15) is 80.9 Å². The number of hydrogen-bond donors (Lipinski definition) is 0. The van der Waals surface area contributed by atoms with Gasteiger partial charge in [-0.15, -0.1) is 11.3 Å². The van der Waals surface area contributed by atoms with Crippen LogP contribution in [0.5, 0.6) is 0 Å². The van der Waals surface area contributed by atoms with E-state index in [9.17, 15) is 18.5 Å². The molecule has 4 fully saturated rings. The van der Waals surface area contributed by atoms with Gasteiger partial charge in [0.2, 0.25) is 0 Å². The average Bonchev–Trinajstić information content (AvgIpc) is 3.71. The summed E-state index contributed by atoms with van der Waals surface area (Å²) in [5.74, 6) is 1.07. The third-order valence-electron chi connectivity index (χ3n) is 10.5. The van der Waals surface area contributed by atoms with Gasteiger partial charge in [-0.3, -0.25) is 4.79 Å². The van der Waals surface area contributed by atoms with Crippen LogP contribution in [0.4, 0.5) is 5.69 Å². The zero-order valence-corrected chi connectivity index (χ0v) is 27.4. The number of carbonyl (C=O) groups excluding carboxylic acids is 1. The summed E-state index contributed by atoms with van der Waals surface area (Å²) < 4.78 is 29.5. The number of ketones is 1. The monoisotopic (exact) mass is 643 g/mol. The summed E-state index contributed by atoms with van der Waals surface area (Å²) in [6.45, 7) is 2.66. The zero-order chi connectivity index (χ0) is 31.0. The molecule has 0 radical (unpaired) electrons. The first-order valence-electron chi connectivity index (χ1n) is 16.5. The van der Waals surface area contributed by atoms with Crippen LogP contribution in [0.3, 0.4) is 0 Å². The van der Waals surface area contributed by atoms with Gasteiger partial charge in [-0.05, 0) is 67.7 Å². The van der Waals surface area contributed by atoms with Crippen molar-refractivity contribution in [1.82, 2.24) is 4.98 Å². The molecule has 7 rings (SSSR count). The van der Waals surface area contributed by atoms with Crippen LogP contribution in [0, 0.1) is 22.7 Å². The molecule has 7 nitrogen and oxygen atoms in total. The van der Waals surface area contributed by atoms with Crippen LogP contribution in [-0.4, -0.2) is 57.0 Å². The summed E-state index contributed by atoms with van der Waals surface area (Å²) in [6.07, 6.45) is 8.02. The van der Waals surface area contributed by atoms with Crippen molar-refractivity contribution in [1.29, 1.82) is 5.26 Å². The molecule has 4 aliphatic rings. The summed E-state index contributed by atoms with van der Waals surface area (Å²) in [5, 5.41) is 10.7. The number of benzene rings is 2. The second kappa shape index (κ2) is 12.6. The lowest BCUT2D eigenvalue weighted by atomic mass is 9.73. The van der Waals surface area contributed by atoms with E-state index in [2.05, 4.69) is 59.5 Å². The number of aromatic nitrogens is 1. The second-order valence-electron chi connectivity index (χ2n) is 13.5. The molecule has 2 atom stereocenters. The van der Waals surface area contributed by atoms with E-state index >= 15 is 0 Å². The number of hydrogen-bond acceptors (Lipinski definition) is 8. The van der Waals surface area contributed by atoms with Gasteiger partial charge >= 0.3 is 0 Å². The quantitative estimate of drug-likeness (QED) is 0.257. The van der Waals surface area contributed by atoms with Gasteiger partial charge in [0.1, 0.15) is 10.8 Å². The minimum Gasteiger partial charge on any atom is -0.381 e. The molecular formula is C36H41N3O4S2. The fourth-order valence-electron chi connectivity index (χ4n) is 7.42. The largest absolute Gasteiger partial charge is 0.381 e. The van der Waals surface area contributed by atoms with Crippen molar-refractivity contribution in [3.05, 3.63) is 59.8 Å². The Morgan fingerprint density at radius 3 is 2.29 bits per heavy atom. The molecule has 1 aromatic heterocycles. The Labute approximate surface area is 270 Å². The summed E-state index contributed by atoms with van der Waals surface area (Å²) >= 11 is 1.70. The first-order chi connectivity index (χ1) is 21.8. The summed E-state index contributed by atoms with van der Waals surface area (Å²) in [5.41, 5.74) is 5.12. The fourth-order valence-corrected chi connectivity index (χ4v) is 9.77. The maximum absolute atomic E-state index is 13.7. The van der Waals surface area contributed by atoms with Crippen LogP contribution in [-0.2, 0) is 19.4 Å². The van der Waals surface area contributed by atoms with Crippen LogP contribution < -0.4 is 4.90 Å². The standard InChI is InChI=1S/C36H41N3O4S2/c37-24-36(15-16-36)23-32(40)30-3-1-2-4-31(30)33-34(27-9-11-29(12-10-27)39-17-21-45(41,42)22-18-39)44-35(38-33)28-7-5-25(6-8-28)26-13-19-43-20-14-26/h5-12,26,30-31H,1-4,13-23H2/t30-,31-/m1/s1. The predicted octanol–water partition coefficient (Wildman–Crippen LogP) is 7.14. The molecule has 0 unspecified atom stereocenters. The minimum absolute atomic E-state index is 0.0363. The molecule has 0 amide bonds. The Morgan fingerprint density at radius 2 is 1.62 bits per heavy atom. The van der Waals surface area contributed by atoms with Crippen LogP contribution >= 0.6 is 11.3 Å². The lowest BCUT2D eigenvalue weighted by Crippen LogP contribution is -2.40. The molecule has 2 aliphatic heterocycles. The van der Waals surface area contributed by atoms with Crippen molar-refractivity contribution in [2.24, 2.45) is 11.3 Å². The number of carbonyl (C=O) groups is 1. The summed E-state index contributed by atoms with van der Waals surface area (Å²) in [6, 6.07) is 19.7. The van der Waals surface area contributed by atoms with Crippen molar-refractivity contribution in [2.75, 3.05) is 42.7 Å². The Bertz CT molecular complexity index is 1670. The smallest absolute Gasteiger partial charge is 0.153 e. The molecule has 9 heteroatoms. The molecule has 2 aliphatic carbocycles. The Morgan fingerprint density at radius 1 is 0.956 bits per heavy atom.